The SMILES string of the molecule is Cc1ccccc1C(=O)OCCCn1cnc2ccccc2c1=O. The number of carbonyl (C=O) groups is 1. The molecule has 5 heteroatoms. The molecule has 0 radical (unpaired) electrons. The maximum absolute atomic E-state index is 12.3. The summed E-state index contributed by atoms with van der Waals surface area (Å²) < 4.78 is 6.83. The molecule has 1 heterocycles. The standard InChI is InChI=1S/C19H18N2O3/c1-14-7-2-3-8-15(14)19(23)24-12-6-11-21-13-20-17-10-5-4-9-16(17)18(21)22/h2-5,7-10,13H,6,11-12H2,1H3. The molecule has 0 aliphatic heterocycles. The van der Waals surface area contributed by atoms with Crippen LogP contribution in [-0.2, 0) is 11.3 Å². The third-order valence-corrected chi connectivity index (χ3v) is 3.87. The number of rotatable bonds is 5. The second kappa shape index (κ2) is 7.08. The van der Waals surface area contributed by atoms with Crippen LogP contribution in [-0.4, -0.2) is 22.1 Å². The molecule has 0 aliphatic rings. The van der Waals surface area contributed by atoms with Gasteiger partial charge in [0.1, 0.15) is 0 Å². The van der Waals surface area contributed by atoms with Crippen molar-refractivity contribution in [1.82, 2.24) is 9.55 Å². The molecule has 122 valence electrons. The summed E-state index contributed by atoms with van der Waals surface area (Å²) in [5.41, 5.74) is 2.06. The Morgan fingerprint density at radius 1 is 1.12 bits per heavy atom. The lowest BCUT2D eigenvalue weighted by Gasteiger charge is -2.08. The van der Waals surface area contributed by atoms with E-state index >= 15 is 0 Å². The van der Waals surface area contributed by atoms with Gasteiger partial charge in [-0.25, -0.2) is 9.78 Å². The first-order valence-electron chi connectivity index (χ1n) is 7.84. The van der Waals surface area contributed by atoms with Gasteiger partial charge in [0.2, 0.25) is 0 Å². The van der Waals surface area contributed by atoms with Crippen LogP contribution in [0.3, 0.4) is 0 Å². The predicted molar refractivity (Wildman–Crippen MR) is 92.1 cm³/mol. The number of nitrogens with zero attached hydrogens (tertiary/aromatic N) is 2. The number of aryl methyl sites for hydroxylation is 2. The van der Waals surface area contributed by atoms with E-state index in [1.165, 1.54) is 6.33 Å². The highest BCUT2D eigenvalue weighted by Gasteiger charge is 2.09. The molecule has 0 bridgehead atoms. The molecule has 0 N–H and O–H groups in total. The summed E-state index contributed by atoms with van der Waals surface area (Å²) in [5, 5.41) is 0.594. The Balaban J connectivity index is 1.59. The third kappa shape index (κ3) is 3.35. The van der Waals surface area contributed by atoms with E-state index < -0.39 is 0 Å². The molecule has 3 rings (SSSR count). The molecular weight excluding hydrogens is 304 g/mol. The van der Waals surface area contributed by atoms with Crippen molar-refractivity contribution < 1.29 is 9.53 Å². The highest BCUT2D eigenvalue weighted by molar-refractivity contribution is 5.90. The van der Waals surface area contributed by atoms with Gasteiger partial charge in [-0.2, -0.15) is 0 Å². The molecule has 0 spiro atoms. The molecule has 3 aromatic rings. The van der Waals surface area contributed by atoms with Gasteiger partial charge in [-0.15, -0.1) is 0 Å². The lowest BCUT2D eigenvalue weighted by atomic mass is 10.1. The van der Waals surface area contributed by atoms with Gasteiger partial charge in [-0.05, 0) is 37.1 Å². The largest absolute Gasteiger partial charge is 0.462 e. The summed E-state index contributed by atoms with van der Waals surface area (Å²) in [6.07, 6.45) is 2.09. The van der Waals surface area contributed by atoms with Gasteiger partial charge in [0.25, 0.3) is 5.56 Å². The Morgan fingerprint density at radius 2 is 1.88 bits per heavy atom. The molecule has 1 aromatic heterocycles. The van der Waals surface area contributed by atoms with E-state index in [1.54, 1.807) is 16.7 Å². The Hall–Kier alpha value is -2.95. The number of fused-ring (bicyclic) bond motifs is 1. The predicted octanol–water partition coefficient (Wildman–Crippen LogP) is 2.95. The summed E-state index contributed by atoms with van der Waals surface area (Å²) in [6, 6.07) is 14.6. The number of hydrogen-bond acceptors (Lipinski definition) is 4. The van der Waals surface area contributed by atoms with Gasteiger partial charge in [0.15, 0.2) is 0 Å². The Kier molecular flexibility index (Phi) is 4.70. The number of aromatic nitrogens is 2. The van der Waals surface area contributed by atoms with Gasteiger partial charge < -0.3 is 4.74 Å². The second-order valence-corrected chi connectivity index (χ2v) is 5.56. The van der Waals surface area contributed by atoms with Crippen LogP contribution in [0.25, 0.3) is 10.9 Å². The summed E-state index contributed by atoms with van der Waals surface area (Å²) >= 11 is 0. The monoisotopic (exact) mass is 322 g/mol. The van der Waals surface area contributed by atoms with E-state index in [0.717, 1.165) is 5.56 Å². The fourth-order valence-corrected chi connectivity index (χ4v) is 2.54. The third-order valence-electron chi connectivity index (χ3n) is 3.87. The molecule has 0 atom stereocenters. The molecule has 0 saturated carbocycles. The van der Waals surface area contributed by atoms with Crippen LogP contribution >= 0.6 is 0 Å². The van der Waals surface area contributed by atoms with E-state index in [-0.39, 0.29) is 18.1 Å². The highest BCUT2D eigenvalue weighted by atomic mass is 16.5. The Bertz CT molecular complexity index is 931. The first kappa shape index (κ1) is 15.9. The second-order valence-electron chi connectivity index (χ2n) is 5.56. The topological polar surface area (TPSA) is 61.2 Å². The average molecular weight is 322 g/mol. The molecule has 0 amide bonds. The summed E-state index contributed by atoms with van der Waals surface area (Å²) in [4.78, 5) is 28.6. The minimum atomic E-state index is -0.336. The number of ether oxygens (including phenoxy) is 1. The molecule has 0 saturated heterocycles. The first-order chi connectivity index (χ1) is 11.7. The first-order valence-corrected chi connectivity index (χ1v) is 7.84. The lowest BCUT2D eigenvalue weighted by Crippen LogP contribution is -2.21. The maximum atomic E-state index is 12.3. The van der Waals surface area contributed by atoms with Gasteiger partial charge in [-0.3, -0.25) is 9.36 Å². The van der Waals surface area contributed by atoms with Crippen molar-refractivity contribution in [1.29, 1.82) is 0 Å². The van der Waals surface area contributed by atoms with Crippen molar-refractivity contribution in [3.8, 4) is 0 Å². The molecule has 0 fully saturated rings. The Labute approximate surface area is 139 Å². The summed E-state index contributed by atoms with van der Waals surface area (Å²) in [6.45, 7) is 2.58. The van der Waals surface area contributed by atoms with Crippen LogP contribution in [0.2, 0.25) is 0 Å². The zero-order valence-corrected chi connectivity index (χ0v) is 13.4. The van der Waals surface area contributed by atoms with Crippen molar-refractivity contribution in [3.05, 3.63) is 76.3 Å². The van der Waals surface area contributed by atoms with Crippen LogP contribution in [0, 0.1) is 6.92 Å². The molecule has 5 nitrogen and oxygen atoms in total. The van der Waals surface area contributed by atoms with E-state index in [0.29, 0.717) is 29.4 Å². The van der Waals surface area contributed by atoms with Gasteiger partial charge in [-0.1, -0.05) is 30.3 Å². The number of esters is 1. The lowest BCUT2D eigenvalue weighted by molar-refractivity contribution is 0.0495. The molecular formula is C19H18N2O3. The van der Waals surface area contributed by atoms with Crippen molar-refractivity contribution in [2.24, 2.45) is 0 Å². The molecule has 0 unspecified atom stereocenters. The average Bonchev–Trinajstić information content (AvgIpc) is 2.61. The summed E-state index contributed by atoms with van der Waals surface area (Å²) in [5.74, 6) is -0.336. The van der Waals surface area contributed by atoms with Crippen molar-refractivity contribution >= 4 is 16.9 Å². The van der Waals surface area contributed by atoms with Crippen LogP contribution in [0.1, 0.15) is 22.3 Å². The zero-order valence-electron chi connectivity index (χ0n) is 13.4. The smallest absolute Gasteiger partial charge is 0.338 e. The Morgan fingerprint density at radius 3 is 2.71 bits per heavy atom. The molecule has 0 aliphatic carbocycles. The van der Waals surface area contributed by atoms with Crippen molar-refractivity contribution in [3.63, 3.8) is 0 Å². The van der Waals surface area contributed by atoms with E-state index in [4.69, 9.17) is 4.74 Å². The quantitative estimate of drug-likeness (QED) is 0.535. The fraction of sp³-hybridized carbons (Fsp3) is 0.211. The fourth-order valence-electron chi connectivity index (χ4n) is 2.54. The minimum absolute atomic E-state index is 0.0779. The minimum Gasteiger partial charge on any atom is -0.462 e. The van der Waals surface area contributed by atoms with Crippen LogP contribution < -0.4 is 5.56 Å². The maximum Gasteiger partial charge on any atom is 0.338 e. The van der Waals surface area contributed by atoms with Crippen molar-refractivity contribution in [2.45, 2.75) is 19.9 Å². The number of hydrogen-bond donors (Lipinski definition) is 0. The number of benzene rings is 2. The summed E-state index contributed by atoms with van der Waals surface area (Å²) in [7, 11) is 0. The van der Waals surface area contributed by atoms with Crippen LogP contribution in [0.4, 0.5) is 0 Å². The number of para-hydroxylation sites is 1. The van der Waals surface area contributed by atoms with Crippen LogP contribution in [0.5, 0.6) is 0 Å². The van der Waals surface area contributed by atoms with E-state index in [2.05, 4.69) is 4.98 Å². The zero-order chi connectivity index (χ0) is 16.9. The molecule has 2 aromatic carbocycles. The van der Waals surface area contributed by atoms with Crippen LogP contribution in [0.15, 0.2) is 59.7 Å². The van der Waals surface area contributed by atoms with E-state index in [1.807, 2.05) is 43.3 Å². The molecule has 24 heavy (non-hydrogen) atoms. The van der Waals surface area contributed by atoms with Crippen molar-refractivity contribution in [2.75, 3.05) is 6.61 Å². The van der Waals surface area contributed by atoms with E-state index in [9.17, 15) is 9.59 Å². The van der Waals surface area contributed by atoms with Gasteiger partial charge >= 0.3 is 5.97 Å². The number of carbonyl (C=O) groups excluding carboxylic acids is 1. The van der Waals surface area contributed by atoms with Gasteiger partial charge in [0, 0.05) is 6.54 Å². The van der Waals surface area contributed by atoms with Gasteiger partial charge in [0.05, 0.1) is 29.4 Å². The highest BCUT2D eigenvalue weighted by Crippen LogP contribution is 2.09. The normalized spacial score (nSPS) is 10.7.